The van der Waals surface area contributed by atoms with Crippen molar-refractivity contribution in [3.63, 3.8) is 0 Å². The molecule has 3 nitrogen and oxygen atoms in total. The Bertz CT molecular complexity index is 248. The summed E-state index contributed by atoms with van der Waals surface area (Å²) in [6.45, 7) is 1.96. The van der Waals surface area contributed by atoms with Crippen LogP contribution in [0, 0.1) is 6.92 Å². The van der Waals surface area contributed by atoms with Crippen molar-refractivity contribution in [2.75, 3.05) is 0 Å². The molecule has 0 saturated heterocycles. The zero-order chi connectivity index (χ0) is 8.39. The highest BCUT2D eigenvalue weighted by Crippen LogP contribution is 2.30. The van der Waals surface area contributed by atoms with Crippen LogP contribution in [0.2, 0.25) is 0 Å². The van der Waals surface area contributed by atoms with Gasteiger partial charge in [0.2, 0.25) is 0 Å². The quantitative estimate of drug-likeness (QED) is 0.692. The summed E-state index contributed by atoms with van der Waals surface area (Å²) in [5, 5.41) is 8.12. The molecule has 12 heavy (non-hydrogen) atoms. The SMILES string of the molecule is Cc1nnc(C2CCCCC2)[nH]1. The fraction of sp³-hybridized carbons (Fsp3) is 0.778. The van der Waals surface area contributed by atoms with Gasteiger partial charge in [-0.2, -0.15) is 0 Å². The Morgan fingerprint density at radius 1 is 1.17 bits per heavy atom. The topological polar surface area (TPSA) is 41.6 Å². The Hall–Kier alpha value is -0.860. The van der Waals surface area contributed by atoms with Crippen LogP contribution in [0.1, 0.15) is 49.7 Å². The molecular formula is C9H15N3. The molecule has 2 rings (SSSR count). The lowest BCUT2D eigenvalue weighted by Gasteiger charge is -2.18. The van der Waals surface area contributed by atoms with Crippen molar-refractivity contribution < 1.29 is 0 Å². The number of aromatic nitrogens is 3. The molecule has 66 valence electrons. The minimum absolute atomic E-state index is 0.653. The third kappa shape index (κ3) is 1.49. The van der Waals surface area contributed by atoms with Gasteiger partial charge in [-0.15, -0.1) is 10.2 Å². The number of hydrogen-bond acceptors (Lipinski definition) is 2. The molecule has 1 heterocycles. The maximum absolute atomic E-state index is 4.13. The van der Waals surface area contributed by atoms with Crippen LogP contribution in [0.3, 0.4) is 0 Å². The summed E-state index contributed by atoms with van der Waals surface area (Å²) in [4.78, 5) is 3.22. The highest BCUT2D eigenvalue weighted by atomic mass is 15.2. The van der Waals surface area contributed by atoms with Gasteiger partial charge in [0.1, 0.15) is 11.6 Å². The molecule has 3 heteroatoms. The van der Waals surface area contributed by atoms with E-state index < -0.39 is 0 Å². The molecular weight excluding hydrogens is 150 g/mol. The Morgan fingerprint density at radius 3 is 2.50 bits per heavy atom. The Labute approximate surface area is 72.6 Å². The Kier molecular flexibility index (Phi) is 2.11. The molecule has 1 aromatic heterocycles. The minimum atomic E-state index is 0.653. The number of aryl methyl sites for hydroxylation is 1. The van der Waals surface area contributed by atoms with Crippen LogP contribution in [0.15, 0.2) is 0 Å². The number of nitrogens with one attached hydrogen (secondary N) is 1. The molecule has 1 saturated carbocycles. The first-order valence-corrected chi connectivity index (χ1v) is 4.75. The van der Waals surface area contributed by atoms with Gasteiger partial charge in [0, 0.05) is 5.92 Å². The first-order chi connectivity index (χ1) is 5.86. The fourth-order valence-corrected chi connectivity index (χ4v) is 1.92. The summed E-state index contributed by atoms with van der Waals surface area (Å²) in [6, 6.07) is 0. The standard InChI is InChI=1S/C9H15N3/c1-7-10-9(12-11-7)8-5-3-2-4-6-8/h8H,2-6H2,1H3,(H,10,11,12). The molecule has 1 aliphatic rings. The summed E-state index contributed by atoms with van der Waals surface area (Å²) in [7, 11) is 0. The first kappa shape index (κ1) is 7.77. The van der Waals surface area contributed by atoms with Crippen LogP contribution in [-0.2, 0) is 0 Å². The second-order valence-corrected chi connectivity index (χ2v) is 3.63. The molecule has 1 aliphatic carbocycles. The predicted molar refractivity (Wildman–Crippen MR) is 46.9 cm³/mol. The molecule has 0 aromatic carbocycles. The second-order valence-electron chi connectivity index (χ2n) is 3.63. The van der Waals surface area contributed by atoms with Crippen molar-refractivity contribution in [3.05, 3.63) is 11.6 Å². The van der Waals surface area contributed by atoms with Crippen LogP contribution in [0.25, 0.3) is 0 Å². The molecule has 0 amide bonds. The van der Waals surface area contributed by atoms with Gasteiger partial charge in [-0.25, -0.2) is 0 Å². The zero-order valence-corrected chi connectivity index (χ0v) is 7.51. The van der Waals surface area contributed by atoms with Gasteiger partial charge in [-0.3, -0.25) is 0 Å². The van der Waals surface area contributed by atoms with Crippen LogP contribution in [0.5, 0.6) is 0 Å². The first-order valence-electron chi connectivity index (χ1n) is 4.75. The van der Waals surface area contributed by atoms with E-state index >= 15 is 0 Å². The van der Waals surface area contributed by atoms with Gasteiger partial charge in [0.05, 0.1) is 0 Å². The molecule has 0 bridgehead atoms. The molecule has 0 spiro atoms. The number of hydrogen-bond donors (Lipinski definition) is 1. The lowest BCUT2D eigenvalue weighted by Crippen LogP contribution is -2.06. The summed E-state index contributed by atoms with van der Waals surface area (Å²) in [5.41, 5.74) is 0. The Balaban J connectivity index is 2.08. The molecule has 0 atom stereocenters. The third-order valence-electron chi connectivity index (χ3n) is 2.61. The van der Waals surface area contributed by atoms with Crippen molar-refractivity contribution in [2.45, 2.75) is 44.9 Å². The summed E-state index contributed by atoms with van der Waals surface area (Å²) in [5.74, 6) is 2.70. The van der Waals surface area contributed by atoms with Crippen LogP contribution in [0.4, 0.5) is 0 Å². The van der Waals surface area contributed by atoms with E-state index in [9.17, 15) is 0 Å². The van der Waals surface area contributed by atoms with Gasteiger partial charge < -0.3 is 4.98 Å². The van der Waals surface area contributed by atoms with Gasteiger partial charge in [-0.05, 0) is 19.8 Å². The molecule has 0 radical (unpaired) electrons. The van der Waals surface area contributed by atoms with E-state index in [-0.39, 0.29) is 0 Å². The summed E-state index contributed by atoms with van der Waals surface area (Å²) in [6.07, 6.45) is 6.67. The van der Waals surface area contributed by atoms with Crippen molar-refractivity contribution in [1.82, 2.24) is 15.2 Å². The van der Waals surface area contributed by atoms with E-state index in [0.29, 0.717) is 5.92 Å². The summed E-state index contributed by atoms with van der Waals surface area (Å²) >= 11 is 0. The fourth-order valence-electron chi connectivity index (χ4n) is 1.92. The van der Waals surface area contributed by atoms with Crippen LogP contribution < -0.4 is 0 Å². The van der Waals surface area contributed by atoms with Crippen molar-refractivity contribution in [1.29, 1.82) is 0 Å². The van der Waals surface area contributed by atoms with Crippen molar-refractivity contribution >= 4 is 0 Å². The average molecular weight is 165 g/mol. The lowest BCUT2D eigenvalue weighted by atomic mass is 9.89. The van der Waals surface area contributed by atoms with Gasteiger partial charge in [-0.1, -0.05) is 19.3 Å². The van der Waals surface area contributed by atoms with Crippen LogP contribution in [-0.4, -0.2) is 15.2 Å². The number of rotatable bonds is 1. The predicted octanol–water partition coefficient (Wildman–Crippen LogP) is 2.16. The number of nitrogens with zero attached hydrogens (tertiary/aromatic N) is 2. The molecule has 1 N–H and O–H groups in total. The van der Waals surface area contributed by atoms with Crippen molar-refractivity contribution in [3.8, 4) is 0 Å². The van der Waals surface area contributed by atoms with E-state index in [1.807, 2.05) is 6.92 Å². The van der Waals surface area contributed by atoms with Gasteiger partial charge in [0.25, 0.3) is 0 Å². The molecule has 1 fully saturated rings. The van der Waals surface area contributed by atoms with Gasteiger partial charge >= 0.3 is 0 Å². The lowest BCUT2D eigenvalue weighted by molar-refractivity contribution is 0.429. The third-order valence-corrected chi connectivity index (χ3v) is 2.61. The maximum Gasteiger partial charge on any atom is 0.133 e. The van der Waals surface area contributed by atoms with E-state index in [1.165, 1.54) is 32.1 Å². The van der Waals surface area contributed by atoms with E-state index in [2.05, 4.69) is 15.2 Å². The number of aromatic amines is 1. The van der Waals surface area contributed by atoms with E-state index in [4.69, 9.17) is 0 Å². The number of H-pyrrole nitrogens is 1. The zero-order valence-electron chi connectivity index (χ0n) is 7.51. The van der Waals surface area contributed by atoms with Crippen molar-refractivity contribution in [2.24, 2.45) is 0 Å². The largest absolute Gasteiger partial charge is 0.329 e. The monoisotopic (exact) mass is 165 g/mol. The molecule has 1 aromatic rings. The van der Waals surface area contributed by atoms with E-state index in [1.54, 1.807) is 0 Å². The van der Waals surface area contributed by atoms with Crippen LogP contribution >= 0.6 is 0 Å². The Morgan fingerprint density at radius 2 is 1.92 bits per heavy atom. The molecule has 0 unspecified atom stereocenters. The van der Waals surface area contributed by atoms with E-state index in [0.717, 1.165) is 11.6 Å². The highest BCUT2D eigenvalue weighted by Gasteiger charge is 2.18. The maximum atomic E-state index is 4.13. The second kappa shape index (κ2) is 3.25. The smallest absolute Gasteiger partial charge is 0.133 e. The normalized spacial score (nSPS) is 19.8. The average Bonchev–Trinajstić information content (AvgIpc) is 2.54. The highest BCUT2D eigenvalue weighted by molar-refractivity contribution is 4.97. The molecule has 0 aliphatic heterocycles. The minimum Gasteiger partial charge on any atom is -0.329 e. The van der Waals surface area contributed by atoms with Gasteiger partial charge in [0.15, 0.2) is 0 Å². The summed E-state index contributed by atoms with van der Waals surface area (Å²) < 4.78 is 0.